The Kier molecular flexibility index (Phi) is 2.86. The second-order valence-electron chi connectivity index (χ2n) is 3.64. The number of nitrogens with zero attached hydrogens (tertiary/aromatic N) is 1. The van der Waals surface area contributed by atoms with E-state index in [-0.39, 0.29) is 0 Å². The summed E-state index contributed by atoms with van der Waals surface area (Å²) in [7, 11) is 0. The Balaban J connectivity index is 2.43. The number of benzene rings is 1. The van der Waals surface area contributed by atoms with Crippen LogP contribution in [-0.2, 0) is 0 Å². The molecule has 2 rings (SSSR count). The van der Waals surface area contributed by atoms with Gasteiger partial charge in [-0.15, -0.1) is 0 Å². The van der Waals surface area contributed by atoms with Crippen LogP contribution in [0.1, 0.15) is 18.9 Å². The first kappa shape index (κ1) is 9.97. The molecule has 2 aromatic rings. The third-order valence-corrected chi connectivity index (χ3v) is 2.35. The Hall–Kier alpha value is -1.57. The number of fused-ring (bicyclic) bond motifs is 1. The van der Waals surface area contributed by atoms with Gasteiger partial charge in [-0.2, -0.15) is 0 Å². The van der Waals surface area contributed by atoms with E-state index in [9.17, 15) is 0 Å². The lowest BCUT2D eigenvalue weighted by atomic mass is 10.1. The molecule has 2 heteroatoms. The number of hydrogen-bond donors (Lipinski definition) is 0. The summed E-state index contributed by atoms with van der Waals surface area (Å²) in [6.45, 7) is 4.90. The van der Waals surface area contributed by atoms with Crippen LogP contribution in [0.2, 0.25) is 0 Å². The Morgan fingerprint density at radius 3 is 2.87 bits per heavy atom. The first-order chi connectivity index (χ1) is 7.31. The van der Waals surface area contributed by atoms with E-state index in [1.54, 1.807) is 0 Å². The third kappa shape index (κ3) is 2.09. The van der Waals surface area contributed by atoms with Crippen LogP contribution in [0.5, 0.6) is 5.88 Å². The number of rotatable bonds is 3. The molecular weight excluding hydrogens is 186 g/mol. The summed E-state index contributed by atoms with van der Waals surface area (Å²) in [5, 5.41) is 1.20. The molecule has 1 heterocycles. The van der Waals surface area contributed by atoms with Crippen LogP contribution in [0.25, 0.3) is 10.9 Å². The fraction of sp³-hybridized carbons (Fsp3) is 0.308. The maximum Gasteiger partial charge on any atom is 0.214 e. The van der Waals surface area contributed by atoms with Crippen molar-refractivity contribution >= 4 is 10.9 Å². The Bertz CT molecular complexity index is 465. The van der Waals surface area contributed by atoms with Gasteiger partial charge in [0.15, 0.2) is 0 Å². The van der Waals surface area contributed by atoms with Crippen molar-refractivity contribution in [2.24, 2.45) is 0 Å². The quantitative estimate of drug-likeness (QED) is 0.759. The SMILES string of the molecule is CCCOc1cc(C)c2ccccc2n1. The van der Waals surface area contributed by atoms with Crippen molar-refractivity contribution in [3.05, 3.63) is 35.9 Å². The van der Waals surface area contributed by atoms with E-state index >= 15 is 0 Å². The highest BCUT2D eigenvalue weighted by Gasteiger charge is 2.02. The fourth-order valence-electron chi connectivity index (χ4n) is 1.60. The monoisotopic (exact) mass is 201 g/mol. The molecule has 0 spiro atoms. The minimum atomic E-state index is 0.727. The minimum Gasteiger partial charge on any atom is -0.478 e. The van der Waals surface area contributed by atoms with Crippen molar-refractivity contribution in [1.29, 1.82) is 0 Å². The van der Waals surface area contributed by atoms with Crippen LogP contribution in [-0.4, -0.2) is 11.6 Å². The van der Waals surface area contributed by atoms with Crippen molar-refractivity contribution in [1.82, 2.24) is 4.98 Å². The molecule has 0 bridgehead atoms. The van der Waals surface area contributed by atoms with Gasteiger partial charge < -0.3 is 4.74 Å². The van der Waals surface area contributed by atoms with Gasteiger partial charge in [-0.05, 0) is 25.0 Å². The van der Waals surface area contributed by atoms with Gasteiger partial charge in [-0.1, -0.05) is 25.1 Å². The normalized spacial score (nSPS) is 10.5. The zero-order chi connectivity index (χ0) is 10.7. The van der Waals surface area contributed by atoms with Crippen molar-refractivity contribution in [3.8, 4) is 5.88 Å². The molecule has 2 nitrogen and oxygen atoms in total. The Morgan fingerprint density at radius 1 is 1.27 bits per heavy atom. The zero-order valence-electron chi connectivity index (χ0n) is 9.16. The zero-order valence-corrected chi connectivity index (χ0v) is 9.16. The molecule has 0 aliphatic heterocycles. The van der Waals surface area contributed by atoms with Crippen molar-refractivity contribution in [2.75, 3.05) is 6.61 Å². The second kappa shape index (κ2) is 4.30. The van der Waals surface area contributed by atoms with Crippen LogP contribution in [0, 0.1) is 6.92 Å². The van der Waals surface area contributed by atoms with Gasteiger partial charge >= 0.3 is 0 Å². The van der Waals surface area contributed by atoms with E-state index in [4.69, 9.17) is 4.74 Å². The molecule has 0 fully saturated rings. The van der Waals surface area contributed by atoms with Gasteiger partial charge in [-0.3, -0.25) is 0 Å². The Labute approximate surface area is 89.9 Å². The highest BCUT2D eigenvalue weighted by Crippen LogP contribution is 2.20. The van der Waals surface area contributed by atoms with E-state index < -0.39 is 0 Å². The lowest BCUT2D eigenvalue weighted by Crippen LogP contribution is -1.98. The number of para-hydroxylation sites is 1. The van der Waals surface area contributed by atoms with Crippen LogP contribution in [0.3, 0.4) is 0 Å². The summed E-state index contributed by atoms with van der Waals surface area (Å²) >= 11 is 0. The summed E-state index contributed by atoms with van der Waals surface area (Å²) in [5.41, 5.74) is 2.22. The average Bonchev–Trinajstić information content (AvgIpc) is 2.26. The predicted octanol–water partition coefficient (Wildman–Crippen LogP) is 3.33. The highest BCUT2D eigenvalue weighted by molar-refractivity contribution is 5.82. The molecule has 78 valence electrons. The van der Waals surface area contributed by atoms with E-state index in [0.717, 1.165) is 24.4 Å². The fourth-order valence-corrected chi connectivity index (χ4v) is 1.60. The molecule has 0 aliphatic rings. The number of pyridine rings is 1. The van der Waals surface area contributed by atoms with Gasteiger partial charge in [0.25, 0.3) is 0 Å². The molecule has 15 heavy (non-hydrogen) atoms. The standard InChI is InChI=1S/C13H15NO/c1-3-8-15-13-9-10(2)11-6-4-5-7-12(11)14-13/h4-7,9H,3,8H2,1-2H3. The molecule has 1 aromatic carbocycles. The summed E-state index contributed by atoms with van der Waals surface area (Å²) in [5.74, 6) is 0.730. The van der Waals surface area contributed by atoms with Gasteiger partial charge in [-0.25, -0.2) is 4.98 Å². The van der Waals surface area contributed by atoms with Gasteiger partial charge in [0.2, 0.25) is 5.88 Å². The van der Waals surface area contributed by atoms with Gasteiger partial charge in [0, 0.05) is 11.5 Å². The molecule has 0 radical (unpaired) electrons. The molecule has 0 amide bonds. The molecule has 0 unspecified atom stereocenters. The van der Waals surface area contributed by atoms with E-state index in [2.05, 4.69) is 24.9 Å². The number of ether oxygens (including phenoxy) is 1. The third-order valence-electron chi connectivity index (χ3n) is 2.35. The second-order valence-corrected chi connectivity index (χ2v) is 3.64. The molecule has 0 saturated carbocycles. The highest BCUT2D eigenvalue weighted by atomic mass is 16.5. The molecule has 0 saturated heterocycles. The average molecular weight is 201 g/mol. The van der Waals surface area contributed by atoms with Gasteiger partial charge in [0.1, 0.15) is 0 Å². The maximum atomic E-state index is 5.53. The van der Waals surface area contributed by atoms with E-state index in [1.807, 2.05) is 24.3 Å². The number of hydrogen-bond acceptors (Lipinski definition) is 2. The summed E-state index contributed by atoms with van der Waals surface area (Å²) in [6.07, 6.45) is 1.01. The topological polar surface area (TPSA) is 22.1 Å². The largest absolute Gasteiger partial charge is 0.478 e. The van der Waals surface area contributed by atoms with Crippen LogP contribution in [0.15, 0.2) is 30.3 Å². The Morgan fingerprint density at radius 2 is 2.07 bits per heavy atom. The lowest BCUT2D eigenvalue weighted by molar-refractivity contribution is 0.306. The minimum absolute atomic E-state index is 0.727. The van der Waals surface area contributed by atoms with E-state index in [0.29, 0.717) is 0 Å². The van der Waals surface area contributed by atoms with Crippen molar-refractivity contribution in [3.63, 3.8) is 0 Å². The summed E-state index contributed by atoms with van der Waals surface area (Å²) in [4.78, 5) is 4.45. The first-order valence-electron chi connectivity index (χ1n) is 5.30. The van der Waals surface area contributed by atoms with Crippen LogP contribution >= 0.6 is 0 Å². The lowest BCUT2D eigenvalue weighted by Gasteiger charge is -2.07. The molecule has 0 aliphatic carbocycles. The van der Waals surface area contributed by atoms with Crippen molar-refractivity contribution < 1.29 is 4.74 Å². The number of aryl methyl sites for hydroxylation is 1. The molecule has 0 atom stereocenters. The van der Waals surface area contributed by atoms with Crippen LogP contribution in [0.4, 0.5) is 0 Å². The summed E-state index contributed by atoms with van der Waals surface area (Å²) in [6, 6.07) is 10.1. The van der Waals surface area contributed by atoms with Gasteiger partial charge in [0.05, 0.1) is 12.1 Å². The first-order valence-corrected chi connectivity index (χ1v) is 5.30. The maximum absolute atomic E-state index is 5.53. The number of aromatic nitrogens is 1. The summed E-state index contributed by atoms with van der Waals surface area (Å²) < 4.78 is 5.53. The van der Waals surface area contributed by atoms with E-state index in [1.165, 1.54) is 10.9 Å². The van der Waals surface area contributed by atoms with Crippen molar-refractivity contribution in [2.45, 2.75) is 20.3 Å². The molecule has 0 N–H and O–H groups in total. The van der Waals surface area contributed by atoms with Crippen LogP contribution < -0.4 is 4.74 Å². The molecule has 1 aromatic heterocycles. The predicted molar refractivity (Wildman–Crippen MR) is 62.3 cm³/mol. The molecular formula is C13H15NO. The smallest absolute Gasteiger partial charge is 0.214 e.